The molecule has 0 spiro atoms. The molecule has 2 aliphatic heterocycles. The van der Waals surface area contributed by atoms with Gasteiger partial charge in [-0.1, -0.05) is 32.4 Å². The Morgan fingerprint density at radius 3 is 2.20 bits per heavy atom. The zero-order chi connectivity index (χ0) is 32.4. The van der Waals surface area contributed by atoms with E-state index in [1.165, 1.54) is 4.90 Å². The lowest BCUT2D eigenvalue weighted by Crippen LogP contribution is -2.57. The second-order valence-corrected chi connectivity index (χ2v) is 12.0. The standard InChI is InChI=1S/C31H49N3O10/c1-4-21(35)13-16-34-29(41)24-18(2)9-10-20(25(24)30(34)42)11-12-23(37)33-15-14-32-22(36)8-6-5-7-17-43-31-28(40)27(39)26(38)19(3)44-31/h9-10,18-20,24-28,31,38-40H,4-8,11-17H2,1-3H3,(H,32,36)(H,33,37)/t18?,19?,20?,24?,25?,26-,27+,28?,31+/m0/s1. The molecule has 0 aromatic rings. The van der Waals surface area contributed by atoms with Crippen molar-refractivity contribution in [2.75, 3.05) is 26.2 Å². The Morgan fingerprint density at radius 1 is 0.864 bits per heavy atom. The van der Waals surface area contributed by atoms with Crippen LogP contribution in [0, 0.1) is 23.7 Å². The SMILES string of the molecule is CCC(=O)CCN1C(=O)C2C(C)C=CC(CCC(=O)NCCNC(=O)CCCCCO[C@@H]3OC(C)[C@H](O)[C@@H](O)C3O)C2C1=O. The van der Waals surface area contributed by atoms with Gasteiger partial charge in [-0.05, 0) is 38.0 Å². The minimum absolute atomic E-state index is 0.00488. The Kier molecular flexibility index (Phi) is 13.9. The molecule has 0 saturated carbocycles. The molecule has 2 fully saturated rings. The van der Waals surface area contributed by atoms with Crippen LogP contribution in [0.3, 0.4) is 0 Å². The Balaban J connectivity index is 1.27. The average Bonchev–Trinajstić information content (AvgIpc) is 3.26. The molecule has 2 heterocycles. The number of fused-ring (bicyclic) bond motifs is 1. The molecule has 6 unspecified atom stereocenters. The molecule has 5 N–H and O–H groups in total. The van der Waals surface area contributed by atoms with Crippen LogP contribution < -0.4 is 10.6 Å². The van der Waals surface area contributed by atoms with E-state index in [0.717, 1.165) is 0 Å². The second kappa shape index (κ2) is 17.1. The summed E-state index contributed by atoms with van der Waals surface area (Å²) < 4.78 is 10.9. The van der Waals surface area contributed by atoms with Crippen molar-refractivity contribution in [1.29, 1.82) is 0 Å². The number of amides is 4. The summed E-state index contributed by atoms with van der Waals surface area (Å²) >= 11 is 0. The Hall–Kier alpha value is -2.71. The number of Topliss-reactive ketones (excluding diaryl/α,β-unsaturated/α-hetero) is 1. The summed E-state index contributed by atoms with van der Waals surface area (Å²) in [6, 6.07) is 0. The number of hydrogen-bond donors (Lipinski definition) is 5. The molecule has 13 nitrogen and oxygen atoms in total. The van der Waals surface area contributed by atoms with E-state index in [9.17, 15) is 39.3 Å². The van der Waals surface area contributed by atoms with E-state index in [-0.39, 0.29) is 80.3 Å². The van der Waals surface area contributed by atoms with Crippen molar-refractivity contribution < 1.29 is 48.8 Å². The highest BCUT2D eigenvalue weighted by Crippen LogP contribution is 2.43. The quantitative estimate of drug-likeness (QED) is 0.0849. The highest BCUT2D eigenvalue weighted by Gasteiger charge is 2.53. The fourth-order valence-corrected chi connectivity index (χ4v) is 6.04. The molecule has 3 aliphatic rings. The van der Waals surface area contributed by atoms with Crippen molar-refractivity contribution in [2.45, 2.75) is 103 Å². The third kappa shape index (κ3) is 9.40. The lowest BCUT2D eigenvalue weighted by molar-refractivity contribution is -0.293. The van der Waals surface area contributed by atoms with Gasteiger partial charge in [-0.25, -0.2) is 0 Å². The summed E-state index contributed by atoms with van der Waals surface area (Å²) in [6.07, 6.45) is 1.71. The molecule has 3 rings (SSSR count). The number of rotatable bonds is 17. The molecule has 1 aliphatic carbocycles. The van der Waals surface area contributed by atoms with Gasteiger partial charge in [-0.2, -0.15) is 0 Å². The predicted molar refractivity (Wildman–Crippen MR) is 157 cm³/mol. The lowest BCUT2D eigenvalue weighted by Gasteiger charge is -2.38. The number of imide groups is 1. The van der Waals surface area contributed by atoms with Gasteiger partial charge >= 0.3 is 0 Å². The molecule has 0 aromatic heterocycles. The average molecular weight is 624 g/mol. The van der Waals surface area contributed by atoms with Crippen molar-refractivity contribution in [3.63, 3.8) is 0 Å². The molecular weight excluding hydrogens is 574 g/mol. The van der Waals surface area contributed by atoms with Gasteiger partial charge in [0.05, 0.1) is 17.9 Å². The first-order chi connectivity index (χ1) is 21.0. The number of nitrogens with zero attached hydrogens (tertiary/aromatic N) is 1. The fourth-order valence-electron chi connectivity index (χ4n) is 6.04. The Labute approximate surface area is 258 Å². The topological polar surface area (TPSA) is 192 Å². The molecule has 2 saturated heterocycles. The van der Waals surface area contributed by atoms with E-state index in [1.54, 1.807) is 13.8 Å². The van der Waals surface area contributed by atoms with E-state index < -0.39 is 42.5 Å². The molecular formula is C31H49N3O10. The number of likely N-dealkylation sites (tertiary alicyclic amines) is 1. The predicted octanol–water partition coefficient (Wildman–Crippen LogP) is 0.196. The minimum atomic E-state index is -1.34. The van der Waals surface area contributed by atoms with Gasteiger partial charge in [0.2, 0.25) is 23.6 Å². The number of ether oxygens (including phenoxy) is 2. The maximum Gasteiger partial charge on any atom is 0.233 e. The third-order valence-corrected chi connectivity index (χ3v) is 8.80. The van der Waals surface area contributed by atoms with Crippen LogP contribution in [0.5, 0.6) is 0 Å². The van der Waals surface area contributed by atoms with Gasteiger partial charge in [0.15, 0.2) is 6.29 Å². The van der Waals surface area contributed by atoms with Gasteiger partial charge in [0.1, 0.15) is 24.1 Å². The van der Waals surface area contributed by atoms with Gasteiger partial charge < -0.3 is 35.4 Å². The molecule has 13 heteroatoms. The molecule has 4 amide bonds. The maximum atomic E-state index is 13.1. The van der Waals surface area contributed by atoms with E-state index >= 15 is 0 Å². The first kappa shape index (κ1) is 35.8. The van der Waals surface area contributed by atoms with Gasteiger partial charge in [0.25, 0.3) is 0 Å². The number of allylic oxidation sites excluding steroid dienone is 2. The molecule has 248 valence electrons. The normalized spacial score (nSPS) is 31.6. The van der Waals surface area contributed by atoms with Crippen molar-refractivity contribution in [2.24, 2.45) is 23.7 Å². The molecule has 0 bridgehead atoms. The summed E-state index contributed by atoms with van der Waals surface area (Å²) in [7, 11) is 0. The highest BCUT2D eigenvalue weighted by atomic mass is 16.7. The highest BCUT2D eigenvalue weighted by molar-refractivity contribution is 6.06. The molecule has 0 aromatic carbocycles. The van der Waals surface area contributed by atoms with E-state index in [2.05, 4.69) is 10.6 Å². The van der Waals surface area contributed by atoms with Crippen molar-refractivity contribution in [3.8, 4) is 0 Å². The van der Waals surface area contributed by atoms with Crippen LogP contribution in [-0.4, -0.2) is 107 Å². The number of hydrogen-bond acceptors (Lipinski definition) is 10. The summed E-state index contributed by atoms with van der Waals surface area (Å²) in [5.41, 5.74) is 0. The summed E-state index contributed by atoms with van der Waals surface area (Å²) in [5, 5.41) is 35.0. The number of carbonyl (C=O) groups excluding carboxylic acids is 5. The monoisotopic (exact) mass is 623 g/mol. The van der Waals surface area contributed by atoms with Crippen LogP contribution in [0.4, 0.5) is 0 Å². The maximum absolute atomic E-state index is 13.1. The first-order valence-electron chi connectivity index (χ1n) is 15.9. The number of aliphatic hydroxyl groups is 3. The number of aliphatic hydroxyl groups excluding tert-OH is 3. The lowest BCUT2D eigenvalue weighted by atomic mass is 9.71. The zero-order valence-electron chi connectivity index (χ0n) is 26.0. The van der Waals surface area contributed by atoms with Crippen LogP contribution in [0.15, 0.2) is 12.2 Å². The Bertz CT molecular complexity index is 1050. The van der Waals surface area contributed by atoms with Gasteiger partial charge in [-0.15, -0.1) is 0 Å². The van der Waals surface area contributed by atoms with Crippen LogP contribution in [0.2, 0.25) is 0 Å². The summed E-state index contributed by atoms with van der Waals surface area (Å²) in [5.74, 6) is -2.14. The second-order valence-electron chi connectivity index (χ2n) is 12.0. The van der Waals surface area contributed by atoms with E-state index in [0.29, 0.717) is 38.5 Å². The number of carbonyl (C=O) groups is 5. The van der Waals surface area contributed by atoms with Crippen LogP contribution in [0.1, 0.15) is 72.1 Å². The molecule has 9 atom stereocenters. The first-order valence-corrected chi connectivity index (χ1v) is 15.9. The molecule has 0 radical (unpaired) electrons. The zero-order valence-corrected chi connectivity index (χ0v) is 26.0. The van der Waals surface area contributed by atoms with Crippen LogP contribution >= 0.6 is 0 Å². The van der Waals surface area contributed by atoms with Crippen molar-refractivity contribution in [1.82, 2.24) is 15.5 Å². The van der Waals surface area contributed by atoms with Crippen LogP contribution in [0.25, 0.3) is 0 Å². The summed E-state index contributed by atoms with van der Waals surface area (Å²) in [4.78, 5) is 63.7. The smallest absolute Gasteiger partial charge is 0.233 e. The van der Waals surface area contributed by atoms with Crippen LogP contribution in [-0.2, 0) is 33.4 Å². The van der Waals surface area contributed by atoms with Gasteiger partial charge in [-0.3, -0.25) is 28.9 Å². The number of unbranched alkanes of at least 4 members (excludes halogenated alkanes) is 2. The van der Waals surface area contributed by atoms with Crippen molar-refractivity contribution in [3.05, 3.63) is 12.2 Å². The van der Waals surface area contributed by atoms with E-state index in [1.807, 2.05) is 19.1 Å². The molecule has 44 heavy (non-hydrogen) atoms. The minimum Gasteiger partial charge on any atom is -0.388 e. The van der Waals surface area contributed by atoms with Crippen molar-refractivity contribution >= 4 is 29.4 Å². The third-order valence-electron chi connectivity index (χ3n) is 8.80. The largest absolute Gasteiger partial charge is 0.388 e. The Morgan fingerprint density at radius 2 is 1.52 bits per heavy atom. The number of ketones is 1. The van der Waals surface area contributed by atoms with E-state index in [4.69, 9.17) is 9.47 Å². The number of nitrogens with one attached hydrogen (secondary N) is 2. The summed E-state index contributed by atoms with van der Waals surface area (Å²) in [6.45, 7) is 6.17. The van der Waals surface area contributed by atoms with Gasteiger partial charge in [0, 0.05) is 51.9 Å². The fraction of sp³-hybridized carbons (Fsp3) is 0.774.